The fourth-order valence-corrected chi connectivity index (χ4v) is 2.54. The third-order valence-electron chi connectivity index (χ3n) is 4.00. The summed E-state index contributed by atoms with van der Waals surface area (Å²) >= 11 is 0. The molecule has 0 radical (unpaired) electrons. The van der Waals surface area contributed by atoms with E-state index in [1.165, 1.54) is 54.6 Å². The van der Waals surface area contributed by atoms with Crippen molar-refractivity contribution < 1.29 is 24.0 Å². The summed E-state index contributed by atoms with van der Waals surface area (Å²) < 4.78 is 5.59. The van der Waals surface area contributed by atoms with Crippen molar-refractivity contribution in [3.63, 3.8) is 0 Å². The van der Waals surface area contributed by atoms with Gasteiger partial charge in [-0.25, -0.2) is 0 Å². The molecule has 1 aromatic heterocycles. The number of nitriles is 1. The smallest absolute Gasteiger partial charge is 0.271 e. The molecule has 0 saturated heterocycles. The molecule has 0 saturated carbocycles. The first kappa shape index (κ1) is 20.0. The van der Waals surface area contributed by atoms with Crippen LogP contribution < -0.4 is 10.4 Å². The number of anilines is 1. The molecule has 3 rings (SSSR count). The van der Waals surface area contributed by atoms with E-state index in [4.69, 9.17) is 4.42 Å². The van der Waals surface area contributed by atoms with E-state index in [9.17, 15) is 30.1 Å². The second kappa shape index (κ2) is 8.53. The van der Waals surface area contributed by atoms with Crippen molar-refractivity contribution in [1.29, 1.82) is 5.26 Å². The number of non-ortho nitro benzene ring substituents is 1. The standard InChI is InChI=1S/C21H13N3O6/c22-12-15(20(25)23-16-2-1-3-17(11-16)24(28)29)10-18-8-9-19(30-18)13-4-6-14(7-5-13)21(26)27/h1-11H,(H,23,25)(H,26,27)/p-1/b15-10+. The lowest BCUT2D eigenvalue weighted by molar-refractivity contribution is -0.384. The average molecular weight is 402 g/mol. The van der Waals surface area contributed by atoms with Gasteiger partial charge in [0.15, 0.2) is 0 Å². The van der Waals surface area contributed by atoms with E-state index in [2.05, 4.69) is 5.32 Å². The van der Waals surface area contributed by atoms with Gasteiger partial charge in [-0.3, -0.25) is 14.9 Å². The van der Waals surface area contributed by atoms with Gasteiger partial charge in [0.2, 0.25) is 0 Å². The molecule has 30 heavy (non-hydrogen) atoms. The average Bonchev–Trinajstić information content (AvgIpc) is 3.20. The Labute approximate surface area is 169 Å². The van der Waals surface area contributed by atoms with Crippen molar-refractivity contribution in [1.82, 2.24) is 0 Å². The Bertz CT molecular complexity index is 1200. The maximum absolute atomic E-state index is 12.3. The number of carbonyl (C=O) groups excluding carboxylic acids is 2. The van der Waals surface area contributed by atoms with Crippen LogP contribution in [0.3, 0.4) is 0 Å². The van der Waals surface area contributed by atoms with Gasteiger partial charge in [-0.15, -0.1) is 0 Å². The number of nitrogens with zero attached hydrogens (tertiary/aromatic N) is 2. The maximum Gasteiger partial charge on any atom is 0.271 e. The van der Waals surface area contributed by atoms with Crippen LogP contribution in [-0.4, -0.2) is 16.8 Å². The fraction of sp³-hybridized carbons (Fsp3) is 0. The molecule has 9 nitrogen and oxygen atoms in total. The zero-order valence-electron chi connectivity index (χ0n) is 15.2. The second-order valence-electron chi connectivity index (χ2n) is 6.00. The predicted octanol–water partition coefficient (Wildman–Crippen LogP) is 2.76. The number of furan rings is 1. The number of carboxylic acid groups (broad SMARTS) is 1. The number of hydrogen-bond donors (Lipinski definition) is 1. The summed E-state index contributed by atoms with van der Waals surface area (Å²) in [7, 11) is 0. The van der Waals surface area contributed by atoms with Crippen molar-refractivity contribution in [3.8, 4) is 17.4 Å². The van der Waals surface area contributed by atoms with E-state index in [0.717, 1.165) is 0 Å². The third-order valence-corrected chi connectivity index (χ3v) is 4.00. The summed E-state index contributed by atoms with van der Waals surface area (Å²) in [5, 5.41) is 33.4. The van der Waals surface area contributed by atoms with Crippen molar-refractivity contribution in [2.24, 2.45) is 0 Å². The van der Waals surface area contributed by atoms with Gasteiger partial charge < -0.3 is 19.6 Å². The van der Waals surface area contributed by atoms with Gasteiger partial charge in [0.05, 0.1) is 10.9 Å². The molecule has 1 heterocycles. The first-order valence-electron chi connectivity index (χ1n) is 8.46. The highest BCUT2D eigenvalue weighted by Crippen LogP contribution is 2.24. The summed E-state index contributed by atoms with van der Waals surface area (Å²) in [5.74, 6) is -1.42. The molecule has 0 aliphatic rings. The van der Waals surface area contributed by atoms with Gasteiger partial charge in [-0.05, 0) is 23.8 Å². The van der Waals surface area contributed by atoms with Gasteiger partial charge in [0, 0.05) is 29.5 Å². The second-order valence-corrected chi connectivity index (χ2v) is 6.00. The van der Waals surface area contributed by atoms with Crippen LogP contribution >= 0.6 is 0 Å². The van der Waals surface area contributed by atoms with Crippen LogP contribution in [0.2, 0.25) is 0 Å². The Balaban J connectivity index is 1.78. The van der Waals surface area contributed by atoms with Crippen LogP contribution in [0.15, 0.2) is 70.7 Å². The van der Waals surface area contributed by atoms with Gasteiger partial charge in [0.25, 0.3) is 11.6 Å². The normalized spacial score (nSPS) is 10.8. The minimum atomic E-state index is -1.29. The van der Waals surface area contributed by atoms with E-state index in [1.807, 2.05) is 0 Å². The summed E-state index contributed by atoms with van der Waals surface area (Å²) in [6, 6.07) is 16.1. The number of nitrogens with one attached hydrogen (secondary N) is 1. The van der Waals surface area contributed by atoms with Gasteiger partial charge >= 0.3 is 0 Å². The third kappa shape index (κ3) is 4.58. The molecule has 3 aromatic rings. The van der Waals surface area contributed by atoms with Gasteiger partial charge in [-0.2, -0.15) is 5.26 Å². The number of nitro groups is 1. The minimum absolute atomic E-state index is 0.0232. The minimum Gasteiger partial charge on any atom is -0.545 e. The predicted molar refractivity (Wildman–Crippen MR) is 104 cm³/mol. The molecular formula is C21H12N3O6-. The van der Waals surface area contributed by atoms with E-state index < -0.39 is 16.8 Å². The lowest BCUT2D eigenvalue weighted by Gasteiger charge is -2.04. The van der Waals surface area contributed by atoms with Crippen molar-refractivity contribution >= 4 is 29.3 Å². The van der Waals surface area contributed by atoms with Crippen LogP contribution in [0.1, 0.15) is 16.1 Å². The number of aromatic carboxylic acids is 1. The van der Waals surface area contributed by atoms with E-state index >= 15 is 0 Å². The number of hydrogen-bond acceptors (Lipinski definition) is 7. The Morgan fingerprint density at radius 2 is 1.83 bits per heavy atom. The van der Waals surface area contributed by atoms with Gasteiger partial charge in [0.1, 0.15) is 23.2 Å². The molecule has 0 spiro atoms. The van der Waals surface area contributed by atoms with Crippen LogP contribution in [0.5, 0.6) is 0 Å². The Morgan fingerprint density at radius 1 is 1.10 bits per heavy atom. The molecule has 148 valence electrons. The van der Waals surface area contributed by atoms with Crippen molar-refractivity contribution in [2.75, 3.05) is 5.32 Å². The van der Waals surface area contributed by atoms with E-state index in [0.29, 0.717) is 11.3 Å². The zero-order valence-corrected chi connectivity index (χ0v) is 15.2. The Morgan fingerprint density at radius 3 is 2.47 bits per heavy atom. The van der Waals surface area contributed by atoms with E-state index in [1.54, 1.807) is 18.2 Å². The summed E-state index contributed by atoms with van der Waals surface area (Å²) in [4.78, 5) is 33.4. The molecule has 0 fully saturated rings. The molecule has 0 aliphatic heterocycles. The fourth-order valence-electron chi connectivity index (χ4n) is 2.54. The number of rotatable bonds is 6. The first-order valence-corrected chi connectivity index (χ1v) is 8.46. The highest BCUT2D eigenvalue weighted by atomic mass is 16.6. The number of benzene rings is 2. The molecule has 0 atom stereocenters. The molecular weight excluding hydrogens is 390 g/mol. The number of carbonyl (C=O) groups is 2. The van der Waals surface area contributed by atoms with Gasteiger partial charge in [-0.1, -0.05) is 30.3 Å². The monoisotopic (exact) mass is 402 g/mol. The summed E-state index contributed by atoms with van der Waals surface area (Å²) in [5.41, 5.74) is 0.322. The Hall–Kier alpha value is -4.71. The lowest BCUT2D eigenvalue weighted by atomic mass is 10.1. The lowest BCUT2D eigenvalue weighted by Crippen LogP contribution is -2.21. The molecule has 1 N–H and O–H groups in total. The highest BCUT2D eigenvalue weighted by molar-refractivity contribution is 6.09. The maximum atomic E-state index is 12.3. The summed E-state index contributed by atoms with van der Waals surface area (Å²) in [6.07, 6.45) is 1.23. The van der Waals surface area contributed by atoms with E-state index in [-0.39, 0.29) is 28.3 Å². The van der Waals surface area contributed by atoms with Crippen LogP contribution in [-0.2, 0) is 4.79 Å². The van der Waals surface area contributed by atoms with Crippen molar-refractivity contribution in [2.45, 2.75) is 0 Å². The number of carboxylic acids is 1. The zero-order chi connectivity index (χ0) is 21.7. The molecule has 0 aliphatic carbocycles. The largest absolute Gasteiger partial charge is 0.545 e. The van der Waals surface area contributed by atoms with Crippen LogP contribution in [0, 0.1) is 21.4 Å². The highest BCUT2D eigenvalue weighted by Gasteiger charge is 2.13. The van der Waals surface area contributed by atoms with Crippen LogP contribution in [0.25, 0.3) is 17.4 Å². The number of amides is 1. The first-order chi connectivity index (χ1) is 14.4. The molecule has 1 amide bonds. The molecule has 2 aromatic carbocycles. The van der Waals surface area contributed by atoms with Crippen molar-refractivity contribution in [3.05, 3.63) is 87.7 Å². The molecule has 9 heteroatoms. The topological polar surface area (TPSA) is 149 Å². The van der Waals surface area contributed by atoms with Crippen LogP contribution in [0.4, 0.5) is 11.4 Å². The number of nitro benzene ring substituents is 1. The molecule has 0 bridgehead atoms. The Kier molecular flexibility index (Phi) is 5.70. The quantitative estimate of drug-likeness (QED) is 0.288. The summed E-state index contributed by atoms with van der Waals surface area (Å²) in [6.45, 7) is 0. The molecule has 0 unspecified atom stereocenters. The SMILES string of the molecule is N#C/C(=C\c1ccc(-c2ccc(C(=O)[O-])cc2)o1)C(=O)Nc1cccc([N+](=O)[O-])c1.